The first-order valence-corrected chi connectivity index (χ1v) is 8.65. The zero-order valence-electron chi connectivity index (χ0n) is 13.1. The molecule has 1 fully saturated rings. The molecule has 21 heavy (non-hydrogen) atoms. The molecule has 1 atom stereocenters. The maximum absolute atomic E-state index is 4.63. The zero-order chi connectivity index (χ0) is 14.8. The van der Waals surface area contributed by atoms with Crippen molar-refractivity contribution in [3.8, 4) is 0 Å². The molecule has 0 aliphatic carbocycles. The highest BCUT2D eigenvalue weighted by molar-refractivity contribution is 7.18. The molecule has 3 heterocycles. The van der Waals surface area contributed by atoms with E-state index in [2.05, 4.69) is 34.4 Å². The molecular weight excluding hydrogens is 280 g/mol. The first-order valence-electron chi connectivity index (χ1n) is 7.84. The summed E-state index contributed by atoms with van der Waals surface area (Å²) in [5.41, 5.74) is 1.32. The molecule has 1 unspecified atom stereocenters. The van der Waals surface area contributed by atoms with Gasteiger partial charge in [0, 0.05) is 11.4 Å². The summed E-state index contributed by atoms with van der Waals surface area (Å²) in [6.45, 7) is 9.64. The van der Waals surface area contributed by atoms with Gasteiger partial charge in [-0.3, -0.25) is 0 Å². The summed E-state index contributed by atoms with van der Waals surface area (Å²) in [5, 5.41) is 8.25. The molecule has 0 bridgehead atoms. The van der Waals surface area contributed by atoms with Gasteiger partial charge in [-0.1, -0.05) is 0 Å². The van der Waals surface area contributed by atoms with E-state index in [9.17, 15) is 0 Å². The molecule has 1 saturated heterocycles. The zero-order valence-corrected chi connectivity index (χ0v) is 13.9. The summed E-state index contributed by atoms with van der Waals surface area (Å²) in [5.74, 6) is 2.67. The summed E-state index contributed by atoms with van der Waals surface area (Å²) in [7, 11) is 0. The fraction of sp³-hybridized carbons (Fsp3) is 0.625. The summed E-state index contributed by atoms with van der Waals surface area (Å²) in [6, 6.07) is 0. The second-order valence-electron chi connectivity index (χ2n) is 6.01. The van der Waals surface area contributed by atoms with Gasteiger partial charge >= 0.3 is 0 Å². The van der Waals surface area contributed by atoms with Gasteiger partial charge in [-0.05, 0) is 64.6 Å². The van der Waals surface area contributed by atoms with Crippen molar-refractivity contribution in [2.45, 2.75) is 40.0 Å². The monoisotopic (exact) mass is 304 g/mol. The first-order chi connectivity index (χ1) is 10.1. The lowest BCUT2D eigenvalue weighted by Gasteiger charge is -2.22. The number of thiophene rings is 1. The maximum atomic E-state index is 4.63. The largest absolute Gasteiger partial charge is 0.369 e. The van der Waals surface area contributed by atoms with Gasteiger partial charge in [0.2, 0.25) is 0 Å². The molecule has 3 rings (SSSR count). The number of rotatable bonds is 4. The molecule has 0 amide bonds. The number of aryl methyl sites for hydroxylation is 3. The van der Waals surface area contributed by atoms with Gasteiger partial charge < -0.3 is 10.6 Å². The summed E-state index contributed by atoms with van der Waals surface area (Å²) < 4.78 is 0. The predicted molar refractivity (Wildman–Crippen MR) is 90.3 cm³/mol. The number of fused-ring (bicyclic) bond motifs is 1. The molecule has 1 aliphatic rings. The van der Waals surface area contributed by atoms with Crippen molar-refractivity contribution in [3.63, 3.8) is 0 Å². The second-order valence-corrected chi connectivity index (χ2v) is 7.21. The highest BCUT2D eigenvalue weighted by atomic mass is 32.1. The third-order valence-corrected chi connectivity index (χ3v) is 5.49. The predicted octanol–water partition coefficient (Wildman–Crippen LogP) is 3.42. The van der Waals surface area contributed by atoms with E-state index in [1.54, 1.807) is 11.3 Å². The highest BCUT2D eigenvalue weighted by Crippen LogP contribution is 2.33. The third-order valence-electron chi connectivity index (χ3n) is 4.38. The minimum Gasteiger partial charge on any atom is -0.369 e. The van der Waals surface area contributed by atoms with E-state index in [0.717, 1.165) is 35.5 Å². The van der Waals surface area contributed by atoms with Crippen LogP contribution in [-0.4, -0.2) is 29.6 Å². The first kappa shape index (κ1) is 14.7. The van der Waals surface area contributed by atoms with Crippen LogP contribution in [0.15, 0.2) is 0 Å². The molecule has 2 aromatic heterocycles. The van der Waals surface area contributed by atoms with Crippen LogP contribution in [-0.2, 0) is 0 Å². The Kier molecular flexibility index (Phi) is 4.40. The quantitative estimate of drug-likeness (QED) is 0.909. The van der Waals surface area contributed by atoms with Gasteiger partial charge in [0.1, 0.15) is 16.5 Å². The van der Waals surface area contributed by atoms with Crippen molar-refractivity contribution < 1.29 is 0 Å². The Morgan fingerprint density at radius 3 is 2.90 bits per heavy atom. The molecule has 4 nitrogen and oxygen atoms in total. The molecule has 2 aromatic rings. The lowest BCUT2D eigenvalue weighted by atomic mass is 9.96. The molecular formula is C16H24N4S. The van der Waals surface area contributed by atoms with E-state index in [1.165, 1.54) is 41.6 Å². The number of anilines is 1. The molecule has 2 N–H and O–H groups in total. The molecule has 0 spiro atoms. The molecule has 0 radical (unpaired) electrons. The standard InChI is InChI=1S/C16H24N4S/c1-10-11(2)21-16-14(10)15(19-12(3)20-16)18-8-6-13-5-4-7-17-9-13/h13,17H,4-9H2,1-3H3,(H,18,19,20). The molecule has 0 aromatic carbocycles. The Hall–Kier alpha value is -1.20. The summed E-state index contributed by atoms with van der Waals surface area (Å²) in [4.78, 5) is 11.6. The lowest BCUT2D eigenvalue weighted by molar-refractivity contribution is 0.364. The lowest BCUT2D eigenvalue weighted by Crippen LogP contribution is -2.30. The van der Waals surface area contributed by atoms with Crippen LogP contribution in [0.1, 0.15) is 35.5 Å². The van der Waals surface area contributed by atoms with E-state index in [1.807, 2.05) is 6.92 Å². The van der Waals surface area contributed by atoms with Gasteiger partial charge in [-0.25, -0.2) is 9.97 Å². The Morgan fingerprint density at radius 1 is 1.29 bits per heavy atom. The van der Waals surface area contributed by atoms with Gasteiger partial charge in [-0.15, -0.1) is 11.3 Å². The van der Waals surface area contributed by atoms with Crippen LogP contribution >= 0.6 is 11.3 Å². The van der Waals surface area contributed by atoms with Crippen molar-refractivity contribution in [1.82, 2.24) is 15.3 Å². The molecule has 1 aliphatic heterocycles. The van der Waals surface area contributed by atoms with E-state index >= 15 is 0 Å². The van der Waals surface area contributed by atoms with Crippen molar-refractivity contribution in [2.24, 2.45) is 5.92 Å². The average molecular weight is 304 g/mol. The van der Waals surface area contributed by atoms with E-state index in [4.69, 9.17) is 0 Å². The molecule has 114 valence electrons. The van der Waals surface area contributed by atoms with Crippen LogP contribution in [0, 0.1) is 26.7 Å². The van der Waals surface area contributed by atoms with E-state index < -0.39 is 0 Å². The minimum atomic E-state index is 0.801. The van der Waals surface area contributed by atoms with Crippen LogP contribution in [0.3, 0.4) is 0 Å². The smallest absolute Gasteiger partial charge is 0.138 e. The second kappa shape index (κ2) is 6.28. The van der Waals surface area contributed by atoms with Crippen LogP contribution in [0.4, 0.5) is 5.82 Å². The fourth-order valence-electron chi connectivity index (χ4n) is 3.05. The van der Waals surface area contributed by atoms with Gasteiger partial charge in [0.15, 0.2) is 0 Å². The van der Waals surface area contributed by atoms with Crippen LogP contribution in [0.2, 0.25) is 0 Å². The number of nitrogens with zero attached hydrogens (tertiary/aromatic N) is 2. The normalized spacial score (nSPS) is 19.1. The topological polar surface area (TPSA) is 49.8 Å². The average Bonchev–Trinajstić information content (AvgIpc) is 2.75. The van der Waals surface area contributed by atoms with Crippen LogP contribution < -0.4 is 10.6 Å². The summed E-state index contributed by atoms with van der Waals surface area (Å²) >= 11 is 1.77. The maximum Gasteiger partial charge on any atom is 0.138 e. The van der Waals surface area contributed by atoms with Gasteiger partial charge in [0.25, 0.3) is 0 Å². The van der Waals surface area contributed by atoms with E-state index in [0.29, 0.717) is 0 Å². The van der Waals surface area contributed by atoms with Crippen LogP contribution in [0.5, 0.6) is 0 Å². The Labute approximate surface area is 130 Å². The number of hydrogen-bond acceptors (Lipinski definition) is 5. The Morgan fingerprint density at radius 2 is 2.14 bits per heavy atom. The third kappa shape index (κ3) is 3.19. The van der Waals surface area contributed by atoms with Crippen LogP contribution in [0.25, 0.3) is 10.2 Å². The van der Waals surface area contributed by atoms with Crippen molar-refractivity contribution in [3.05, 3.63) is 16.3 Å². The Balaban J connectivity index is 1.73. The minimum absolute atomic E-state index is 0.801. The van der Waals surface area contributed by atoms with Gasteiger partial charge in [0.05, 0.1) is 5.39 Å². The SMILES string of the molecule is Cc1nc(NCCC2CCCNC2)c2c(C)c(C)sc2n1. The number of piperidine rings is 1. The fourth-order valence-corrected chi connectivity index (χ4v) is 4.12. The van der Waals surface area contributed by atoms with Crippen molar-refractivity contribution in [1.29, 1.82) is 0 Å². The van der Waals surface area contributed by atoms with Crippen molar-refractivity contribution in [2.75, 3.05) is 25.0 Å². The van der Waals surface area contributed by atoms with Gasteiger partial charge in [-0.2, -0.15) is 0 Å². The highest BCUT2D eigenvalue weighted by Gasteiger charge is 2.15. The van der Waals surface area contributed by atoms with Crippen molar-refractivity contribution >= 4 is 27.4 Å². The Bertz CT molecular complexity index is 629. The molecule has 5 heteroatoms. The van der Waals surface area contributed by atoms with E-state index in [-0.39, 0.29) is 0 Å². The molecule has 0 saturated carbocycles. The number of nitrogens with one attached hydrogen (secondary N) is 2. The number of aromatic nitrogens is 2. The summed E-state index contributed by atoms with van der Waals surface area (Å²) in [6.07, 6.45) is 3.87. The number of hydrogen-bond donors (Lipinski definition) is 2.